The molecule has 1 amide bonds. The molecule has 0 bridgehead atoms. The van der Waals surface area contributed by atoms with Crippen LogP contribution < -0.4 is 5.32 Å². The molecular formula is C18H18FNO5S2. The zero-order valence-corrected chi connectivity index (χ0v) is 15.9. The molecule has 1 unspecified atom stereocenters. The molecule has 0 saturated carbocycles. The van der Waals surface area contributed by atoms with Crippen molar-refractivity contribution in [1.29, 1.82) is 0 Å². The Morgan fingerprint density at radius 1 is 1.07 bits per heavy atom. The SMILES string of the molecule is O=C(NCc1ccc(F)cc1)c1ccc(S(=O)(=O)C2CCS(=O)(=O)C2)cc1. The van der Waals surface area contributed by atoms with E-state index in [1.807, 2.05) is 0 Å². The van der Waals surface area contributed by atoms with Crippen LogP contribution in [0, 0.1) is 5.82 Å². The van der Waals surface area contributed by atoms with Gasteiger partial charge in [0.05, 0.1) is 21.7 Å². The van der Waals surface area contributed by atoms with E-state index in [0.717, 1.165) is 5.56 Å². The van der Waals surface area contributed by atoms with E-state index in [-0.39, 0.29) is 40.7 Å². The lowest BCUT2D eigenvalue weighted by Gasteiger charge is -2.11. The standard InChI is InChI=1S/C18H18FNO5S2/c19-15-5-1-13(2-6-15)11-20-18(21)14-3-7-16(8-4-14)27(24,25)17-9-10-26(22,23)12-17/h1-8,17H,9-12H2,(H,20,21). The Kier molecular flexibility index (Phi) is 5.34. The summed E-state index contributed by atoms with van der Waals surface area (Å²) in [5, 5.41) is 1.72. The Balaban J connectivity index is 1.67. The van der Waals surface area contributed by atoms with Gasteiger partial charge in [-0.05, 0) is 48.4 Å². The van der Waals surface area contributed by atoms with E-state index in [9.17, 15) is 26.0 Å². The number of carbonyl (C=O) groups excluding carboxylic acids is 1. The van der Waals surface area contributed by atoms with Crippen LogP contribution >= 0.6 is 0 Å². The molecule has 27 heavy (non-hydrogen) atoms. The molecule has 1 aliphatic heterocycles. The molecule has 144 valence electrons. The van der Waals surface area contributed by atoms with Crippen molar-refractivity contribution >= 4 is 25.6 Å². The smallest absolute Gasteiger partial charge is 0.251 e. The molecule has 6 nitrogen and oxygen atoms in total. The van der Waals surface area contributed by atoms with Gasteiger partial charge in [-0.3, -0.25) is 4.79 Å². The Morgan fingerprint density at radius 2 is 1.70 bits per heavy atom. The van der Waals surface area contributed by atoms with E-state index < -0.39 is 30.8 Å². The minimum absolute atomic E-state index is 0.000292. The number of amides is 1. The molecule has 9 heteroatoms. The minimum atomic E-state index is -3.76. The van der Waals surface area contributed by atoms with Crippen molar-refractivity contribution in [3.05, 3.63) is 65.5 Å². The highest BCUT2D eigenvalue weighted by Crippen LogP contribution is 2.25. The van der Waals surface area contributed by atoms with Crippen molar-refractivity contribution in [2.75, 3.05) is 11.5 Å². The molecule has 1 aliphatic rings. The molecule has 1 heterocycles. The van der Waals surface area contributed by atoms with Crippen LogP contribution in [0.4, 0.5) is 4.39 Å². The van der Waals surface area contributed by atoms with Gasteiger partial charge in [-0.1, -0.05) is 12.1 Å². The van der Waals surface area contributed by atoms with E-state index in [1.165, 1.54) is 36.4 Å². The van der Waals surface area contributed by atoms with Crippen molar-refractivity contribution in [1.82, 2.24) is 5.32 Å². The van der Waals surface area contributed by atoms with E-state index in [2.05, 4.69) is 5.32 Å². The van der Waals surface area contributed by atoms with Crippen molar-refractivity contribution in [3.63, 3.8) is 0 Å². The van der Waals surface area contributed by atoms with Crippen LogP contribution in [0.5, 0.6) is 0 Å². The summed E-state index contributed by atoms with van der Waals surface area (Å²) in [7, 11) is -7.07. The van der Waals surface area contributed by atoms with E-state index in [0.29, 0.717) is 0 Å². The van der Waals surface area contributed by atoms with Gasteiger partial charge in [-0.25, -0.2) is 21.2 Å². The van der Waals surface area contributed by atoms with Gasteiger partial charge in [0, 0.05) is 12.1 Å². The maximum absolute atomic E-state index is 12.9. The summed E-state index contributed by atoms with van der Waals surface area (Å²) in [6, 6.07) is 11.1. The first-order valence-electron chi connectivity index (χ1n) is 8.24. The minimum Gasteiger partial charge on any atom is -0.348 e. The molecule has 3 rings (SSSR count). The van der Waals surface area contributed by atoms with Gasteiger partial charge in [0.1, 0.15) is 5.82 Å². The predicted octanol–water partition coefficient (Wildman–Crippen LogP) is 1.72. The number of hydrogen-bond donors (Lipinski definition) is 1. The third-order valence-corrected chi connectivity index (χ3v) is 8.63. The summed E-state index contributed by atoms with van der Waals surface area (Å²) in [6.07, 6.45) is 0.0879. The molecular weight excluding hydrogens is 393 g/mol. The highest BCUT2D eigenvalue weighted by atomic mass is 32.2. The molecule has 0 radical (unpaired) electrons. The maximum atomic E-state index is 12.9. The number of benzene rings is 2. The number of hydrogen-bond acceptors (Lipinski definition) is 5. The largest absolute Gasteiger partial charge is 0.348 e. The summed E-state index contributed by atoms with van der Waals surface area (Å²) in [4.78, 5) is 12.2. The van der Waals surface area contributed by atoms with Gasteiger partial charge >= 0.3 is 0 Å². The third-order valence-electron chi connectivity index (χ3n) is 4.44. The van der Waals surface area contributed by atoms with Crippen molar-refractivity contribution in [2.24, 2.45) is 0 Å². The van der Waals surface area contributed by atoms with Crippen LogP contribution in [0.15, 0.2) is 53.4 Å². The summed E-state index contributed by atoms with van der Waals surface area (Å²) in [5.74, 6) is -1.25. The van der Waals surface area contributed by atoms with Crippen molar-refractivity contribution < 1.29 is 26.0 Å². The fraction of sp³-hybridized carbons (Fsp3) is 0.278. The lowest BCUT2D eigenvalue weighted by molar-refractivity contribution is 0.0951. The molecule has 0 aromatic heterocycles. The number of halogens is 1. The molecule has 0 aliphatic carbocycles. The van der Waals surface area contributed by atoms with Crippen LogP contribution in [-0.2, 0) is 26.2 Å². The zero-order chi connectivity index (χ0) is 19.7. The highest BCUT2D eigenvalue weighted by Gasteiger charge is 2.37. The summed E-state index contributed by atoms with van der Waals surface area (Å²) < 4.78 is 61.0. The number of carbonyl (C=O) groups is 1. The normalized spacial score (nSPS) is 18.9. The molecule has 1 fully saturated rings. The van der Waals surface area contributed by atoms with Crippen LogP contribution in [0.2, 0.25) is 0 Å². The Morgan fingerprint density at radius 3 is 2.26 bits per heavy atom. The van der Waals surface area contributed by atoms with Gasteiger partial charge in [-0.2, -0.15) is 0 Å². The third kappa shape index (κ3) is 4.54. The first-order valence-corrected chi connectivity index (χ1v) is 11.6. The predicted molar refractivity (Wildman–Crippen MR) is 98.3 cm³/mol. The highest BCUT2D eigenvalue weighted by molar-refractivity contribution is 7.96. The maximum Gasteiger partial charge on any atom is 0.251 e. The molecule has 0 spiro atoms. The van der Waals surface area contributed by atoms with Gasteiger partial charge in [0.2, 0.25) is 0 Å². The number of rotatable bonds is 5. The molecule has 2 aromatic carbocycles. The second-order valence-corrected chi connectivity index (χ2v) is 10.9. The monoisotopic (exact) mass is 411 g/mol. The summed E-state index contributed by atoms with van der Waals surface area (Å²) in [5.41, 5.74) is 1.00. The quantitative estimate of drug-likeness (QED) is 0.808. The van der Waals surface area contributed by atoms with Crippen LogP contribution in [0.3, 0.4) is 0 Å². The Labute approximate surface area is 157 Å². The second-order valence-electron chi connectivity index (χ2n) is 6.40. The molecule has 1 N–H and O–H groups in total. The number of nitrogens with one attached hydrogen (secondary N) is 1. The molecule has 1 atom stereocenters. The van der Waals surface area contributed by atoms with Crippen LogP contribution in [0.25, 0.3) is 0 Å². The van der Waals surface area contributed by atoms with E-state index in [1.54, 1.807) is 12.1 Å². The topological polar surface area (TPSA) is 97.4 Å². The van der Waals surface area contributed by atoms with Crippen molar-refractivity contribution in [3.8, 4) is 0 Å². The van der Waals surface area contributed by atoms with Crippen LogP contribution in [-0.4, -0.2) is 39.5 Å². The Hall–Kier alpha value is -2.26. The second kappa shape index (κ2) is 7.40. The van der Waals surface area contributed by atoms with Gasteiger partial charge in [0.25, 0.3) is 5.91 Å². The molecule has 1 saturated heterocycles. The van der Waals surface area contributed by atoms with Gasteiger partial charge < -0.3 is 5.32 Å². The average Bonchev–Trinajstić information content (AvgIpc) is 3.02. The summed E-state index contributed by atoms with van der Waals surface area (Å²) in [6.45, 7) is 0.207. The lowest BCUT2D eigenvalue weighted by atomic mass is 10.2. The fourth-order valence-electron chi connectivity index (χ4n) is 2.88. The van der Waals surface area contributed by atoms with Crippen molar-refractivity contribution in [2.45, 2.75) is 23.1 Å². The van der Waals surface area contributed by atoms with Gasteiger partial charge in [0.15, 0.2) is 19.7 Å². The fourth-order valence-corrected chi connectivity index (χ4v) is 7.24. The zero-order valence-electron chi connectivity index (χ0n) is 14.3. The van der Waals surface area contributed by atoms with E-state index >= 15 is 0 Å². The number of sulfone groups is 2. The summed E-state index contributed by atoms with van der Waals surface area (Å²) >= 11 is 0. The lowest BCUT2D eigenvalue weighted by Crippen LogP contribution is -2.24. The first kappa shape index (κ1) is 19.5. The average molecular weight is 411 g/mol. The first-order chi connectivity index (χ1) is 12.7. The van der Waals surface area contributed by atoms with Gasteiger partial charge in [-0.15, -0.1) is 0 Å². The van der Waals surface area contributed by atoms with Crippen LogP contribution in [0.1, 0.15) is 22.3 Å². The Bertz CT molecular complexity index is 1050. The van der Waals surface area contributed by atoms with E-state index in [4.69, 9.17) is 0 Å². The molecule has 2 aromatic rings.